The van der Waals surface area contributed by atoms with Gasteiger partial charge in [0.1, 0.15) is 0 Å². The molecule has 0 aliphatic heterocycles. The highest BCUT2D eigenvalue weighted by molar-refractivity contribution is 7.45. The lowest BCUT2D eigenvalue weighted by atomic mass is 10.5. The first-order chi connectivity index (χ1) is 5.63. The maximum absolute atomic E-state index is 8.88. The fourth-order valence-corrected chi connectivity index (χ4v) is 0.172. The zero-order valence-electron chi connectivity index (χ0n) is 7.22. The standard InChI is InChI=1S/C4H10N4.H3O4P/c1-3(2)7-8-4(5)6;1-5(2,3)4/h1-2H3,(H4,5,6,8);(H3,1,2,3,4). The van der Waals surface area contributed by atoms with E-state index in [2.05, 4.69) is 10.5 Å². The zero-order chi connectivity index (χ0) is 11.1. The molecule has 0 fully saturated rings. The molecule has 0 aliphatic rings. The van der Waals surface area contributed by atoms with E-state index in [9.17, 15) is 0 Å². The van der Waals surface area contributed by atoms with Gasteiger partial charge in [0.05, 0.1) is 0 Å². The lowest BCUT2D eigenvalue weighted by Gasteiger charge is -1.93. The number of nitrogens with one attached hydrogen (secondary N) is 2. The second kappa shape index (κ2) is 6.55. The van der Waals surface area contributed by atoms with Crippen molar-refractivity contribution in [2.24, 2.45) is 10.8 Å². The summed E-state index contributed by atoms with van der Waals surface area (Å²) >= 11 is 0. The van der Waals surface area contributed by atoms with Crippen LogP contribution in [0.2, 0.25) is 0 Å². The van der Waals surface area contributed by atoms with Crippen molar-refractivity contribution >= 4 is 19.5 Å². The first kappa shape index (κ1) is 14.6. The molecule has 0 bridgehead atoms. The van der Waals surface area contributed by atoms with E-state index in [0.29, 0.717) is 0 Å². The Bertz CT molecular complexity index is 222. The van der Waals surface area contributed by atoms with Crippen molar-refractivity contribution in [3.63, 3.8) is 0 Å². The Balaban J connectivity index is 0. The Morgan fingerprint density at radius 3 is 1.85 bits per heavy atom. The number of hydrogen-bond donors (Lipinski definition) is 6. The van der Waals surface area contributed by atoms with Crippen LogP contribution in [0.1, 0.15) is 13.8 Å². The fraction of sp³-hybridized carbons (Fsp3) is 0.500. The summed E-state index contributed by atoms with van der Waals surface area (Å²) in [6, 6.07) is 0. The van der Waals surface area contributed by atoms with Crippen LogP contribution in [0.25, 0.3) is 0 Å². The SMILES string of the molecule is CC(C)=NNC(=N)N.O=P(O)(O)O. The Hall–Kier alpha value is -0.950. The maximum atomic E-state index is 8.88. The summed E-state index contributed by atoms with van der Waals surface area (Å²) in [6.07, 6.45) is 0. The molecule has 7 N–H and O–H groups in total. The third-order valence-electron chi connectivity index (χ3n) is 0.400. The van der Waals surface area contributed by atoms with Crippen molar-refractivity contribution in [1.29, 1.82) is 5.41 Å². The van der Waals surface area contributed by atoms with Crippen molar-refractivity contribution in [2.75, 3.05) is 0 Å². The van der Waals surface area contributed by atoms with Gasteiger partial charge in [-0.2, -0.15) is 5.10 Å². The van der Waals surface area contributed by atoms with Crippen molar-refractivity contribution in [1.82, 2.24) is 5.43 Å². The Labute approximate surface area is 75.2 Å². The third-order valence-corrected chi connectivity index (χ3v) is 0.400. The molecule has 0 atom stereocenters. The molecular formula is C4H13N4O4P. The summed E-state index contributed by atoms with van der Waals surface area (Å²) in [5.41, 5.74) is 8.05. The molecular weight excluding hydrogens is 199 g/mol. The average Bonchev–Trinajstić information content (AvgIpc) is 1.79. The van der Waals surface area contributed by atoms with E-state index in [0.717, 1.165) is 5.71 Å². The van der Waals surface area contributed by atoms with Gasteiger partial charge in [0.15, 0.2) is 0 Å². The smallest absolute Gasteiger partial charge is 0.369 e. The summed E-state index contributed by atoms with van der Waals surface area (Å²) in [6.45, 7) is 3.63. The van der Waals surface area contributed by atoms with E-state index in [-0.39, 0.29) is 5.96 Å². The number of phosphoric acid groups is 1. The highest BCUT2D eigenvalue weighted by Crippen LogP contribution is 2.25. The van der Waals surface area contributed by atoms with Crippen molar-refractivity contribution < 1.29 is 19.2 Å². The molecule has 13 heavy (non-hydrogen) atoms. The maximum Gasteiger partial charge on any atom is 0.466 e. The topological polar surface area (TPSA) is 152 Å². The quantitative estimate of drug-likeness (QED) is 0.141. The van der Waals surface area contributed by atoms with Crippen LogP contribution in [-0.2, 0) is 4.57 Å². The number of nitrogens with two attached hydrogens (primary N) is 1. The van der Waals surface area contributed by atoms with Crippen LogP contribution < -0.4 is 11.2 Å². The van der Waals surface area contributed by atoms with Gasteiger partial charge >= 0.3 is 7.82 Å². The first-order valence-electron chi connectivity index (χ1n) is 3.02. The molecule has 0 saturated heterocycles. The van der Waals surface area contributed by atoms with Gasteiger partial charge in [-0.1, -0.05) is 0 Å². The van der Waals surface area contributed by atoms with Crippen LogP contribution in [0.3, 0.4) is 0 Å². The molecule has 0 rings (SSSR count). The minimum absolute atomic E-state index is 0.133. The summed E-state index contributed by atoms with van der Waals surface area (Å²) in [7, 11) is -4.64. The first-order valence-corrected chi connectivity index (χ1v) is 4.58. The molecule has 9 heteroatoms. The van der Waals surface area contributed by atoms with E-state index in [1.165, 1.54) is 0 Å². The Kier molecular flexibility index (Phi) is 7.34. The highest BCUT2D eigenvalue weighted by atomic mass is 31.2. The van der Waals surface area contributed by atoms with Crippen LogP contribution >= 0.6 is 7.82 Å². The molecule has 8 nitrogen and oxygen atoms in total. The molecule has 0 unspecified atom stereocenters. The number of hydrogen-bond acceptors (Lipinski definition) is 3. The van der Waals surface area contributed by atoms with E-state index in [1.54, 1.807) is 0 Å². The largest absolute Gasteiger partial charge is 0.466 e. The molecule has 0 aromatic heterocycles. The second-order valence-corrected chi connectivity index (χ2v) is 3.12. The van der Waals surface area contributed by atoms with Gasteiger partial charge < -0.3 is 20.4 Å². The average molecular weight is 212 g/mol. The Morgan fingerprint density at radius 2 is 1.77 bits per heavy atom. The van der Waals surface area contributed by atoms with Gasteiger partial charge in [0, 0.05) is 5.71 Å². The van der Waals surface area contributed by atoms with Crippen LogP contribution in [0.4, 0.5) is 0 Å². The molecule has 0 saturated carbocycles. The van der Waals surface area contributed by atoms with Crippen molar-refractivity contribution in [3.05, 3.63) is 0 Å². The lowest BCUT2D eigenvalue weighted by Crippen LogP contribution is -2.25. The summed E-state index contributed by atoms with van der Waals surface area (Å²) < 4.78 is 8.88. The van der Waals surface area contributed by atoms with E-state index >= 15 is 0 Å². The van der Waals surface area contributed by atoms with E-state index in [1.807, 2.05) is 13.8 Å². The predicted octanol–water partition coefficient (Wildman–Crippen LogP) is -1.06. The number of nitrogens with zero attached hydrogens (tertiary/aromatic N) is 1. The number of rotatable bonds is 1. The second-order valence-electron chi connectivity index (χ2n) is 2.10. The lowest BCUT2D eigenvalue weighted by molar-refractivity contribution is 0.275. The van der Waals surface area contributed by atoms with Gasteiger partial charge in [-0.25, -0.2) is 9.99 Å². The number of guanidine groups is 1. The molecule has 0 amide bonds. The molecule has 0 aliphatic carbocycles. The number of hydrazone groups is 1. The molecule has 0 heterocycles. The van der Waals surface area contributed by atoms with Gasteiger partial charge in [0.2, 0.25) is 5.96 Å². The van der Waals surface area contributed by atoms with Crippen molar-refractivity contribution in [3.8, 4) is 0 Å². The van der Waals surface area contributed by atoms with Gasteiger partial charge in [-0.15, -0.1) is 0 Å². The monoisotopic (exact) mass is 212 g/mol. The summed E-state index contributed by atoms with van der Waals surface area (Å²) in [4.78, 5) is 21.6. The normalized spacial score (nSPS) is 9.31. The molecule has 0 aromatic carbocycles. The molecule has 78 valence electrons. The van der Waals surface area contributed by atoms with Crippen LogP contribution in [-0.4, -0.2) is 26.4 Å². The Morgan fingerprint density at radius 1 is 1.46 bits per heavy atom. The fourth-order valence-electron chi connectivity index (χ4n) is 0.172. The van der Waals surface area contributed by atoms with E-state index < -0.39 is 7.82 Å². The van der Waals surface area contributed by atoms with E-state index in [4.69, 9.17) is 30.4 Å². The van der Waals surface area contributed by atoms with Gasteiger partial charge in [0.25, 0.3) is 0 Å². The van der Waals surface area contributed by atoms with Crippen LogP contribution in [0.15, 0.2) is 5.10 Å². The molecule has 0 aromatic rings. The highest BCUT2D eigenvalue weighted by Gasteiger charge is 2.00. The third kappa shape index (κ3) is 55.2. The minimum atomic E-state index is -4.64. The summed E-state index contributed by atoms with van der Waals surface area (Å²) in [5.74, 6) is -0.133. The van der Waals surface area contributed by atoms with Crippen LogP contribution in [0.5, 0.6) is 0 Å². The summed E-state index contributed by atoms with van der Waals surface area (Å²) in [5, 5.41) is 10.3. The predicted molar refractivity (Wildman–Crippen MR) is 48.1 cm³/mol. The molecule has 0 radical (unpaired) electrons. The zero-order valence-corrected chi connectivity index (χ0v) is 8.12. The van der Waals surface area contributed by atoms with Crippen LogP contribution in [0, 0.1) is 5.41 Å². The van der Waals surface area contributed by atoms with Gasteiger partial charge in [-0.3, -0.25) is 5.41 Å². The van der Waals surface area contributed by atoms with Gasteiger partial charge in [-0.05, 0) is 13.8 Å². The molecule has 0 spiro atoms. The van der Waals surface area contributed by atoms with Crippen molar-refractivity contribution in [2.45, 2.75) is 13.8 Å². The minimum Gasteiger partial charge on any atom is -0.369 e.